The first kappa shape index (κ1) is 15.8. The second-order valence-corrected chi connectivity index (χ2v) is 6.95. The molecule has 0 aliphatic heterocycles. The van der Waals surface area contributed by atoms with Gasteiger partial charge in [-0.3, -0.25) is 10.1 Å². The van der Waals surface area contributed by atoms with Gasteiger partial charge in [0.05, 0.1) is 5.69 Å². The SMILES string of the molecule is CC(C)c1csc(NC(=O)c2csc(-c3ccc(F)cc3)n2)n1. The number of carbonyl (C=O) groups is 1. The van der Waals surface area contributed by atoms with Crippen LogP contribution in [0.4, 0.5) is 9.52 Å². The van der Waals surface area contributed by atoms with Crippen molar-refractivity contribution >= 4 is 33.7 Å². The number of halogens is 1. The second-order valence-electron chi connectivity index (χ2n) is 5.23. The highest BCUT2D eigenvalue weighted by Gasteiger charge is 2.14. The van der Waals surface area contributed by atoms with Crippen molar-refractivity contribution in [2.75, 3.05) is 5.32 Å². The van der Waals surface area contributed by atoms with E-state index in [1.54, 1.807) is 17.5 Å². The van der Waals surface area contributed by atoms with Crippen LogP contribution in [0.25, 0.3) is 10.6 Å². The van der Waals surface area contributed by atoms with Gasteiger partial charge in [-0.1, -0.05) is 13.8 Å². The molecule has 0 saturated heterocycles. The van der Waals surface area contributed by atoms with E-state index < -0.39 is 0 Å². The number of thiazole rings is 2. The molecule has 0 unspecified atom stereocenters. The van der Waals surface area contributed by atoms with E-state index >= 15 is 0 Å². The van der Waals surface area contributed by atoms with Gasteiger partial charge in [-0.25, -0.2) is 14.4 Å². The predicted molar refractivity (Wildman–Crippen MR) is 91.7 cm³/mol. The molecule has 0 atom stereocenters. The van der Waals surface area contributed by atoms with Crippen LogP contribution in [-0.2, 0) is 0 Å². The van der Waals surface area contributed by atoms with E-state index in [2.05, 4.69) is 29.1 Å². The van der Waals surface area contributed by atoms with Crippen molar-refractivity contribution in [2.45, 2.75) is 19.8 Å². The molecular weight excluding hydrogens is 333 g/mol. The van der Waals surface area contributed by atoms with E-state index in [0.717, 1.165) is 11.3 Å². The van der Waals surface area contributed by atoms with Gasteiger partial charge in [0.25, 0.3) is 5.91 Å². The van der Waals surface area contributed by atoms with Gasteiger partial charge < -0.3 is 0 Å². The van der Waals surface area contributed by atoms with Crippen LogP contribution in [0.15, 0.2) is 35.0 Å². The number of rotatable bonds is 4. The van der Waals surface area contributed by atoms with Crippen molar-refractivity contribution in [2.24, 2.45) is 0 Å². The highest BCUT2D eigenvalue weighted by Crippen LogP contribution is 2.25. The molecule has 1 amide bonds. The molecule has 1 aromatic carbocycles. The van der Waals surface area contributed by atoms with E-state index in [4.69, 9.17) is 0 Å². The number of carbonyl (C=O) groups excluding carboxylic acids is 1. The topological polar surface area (TPSA) is 54.9 Å². The van der Waals surface area contributed by atoms with Crippen LogP contribution < -0.4 is 5.32 Å². The molecule has 4 nitrogen and oxygen atoms in total. The standard InChI is InChI=1S/C16H14FN3OS2/c1-9(2)12-7-23-16(19-12)20-14(21)13-8-22-15(18-13)10-3-5-11(17)6-4-10/h3-9H,1-2H3,(H,19,20,21). The lowest BCUT2D eigenvalue weighted by atomic mass is 10.2. The van der Waals surface area contributed by atoms with Gasteiger partial charge in [0.1, 0.15) is 16.5 Å². The van der Waals surface area contributed by atoms with Crippen LogP contribution in [0.5, 0.6) is 0 Å². The normalized spacial score (nSPS) is 11.0. The molecule has 1 N–H and O–H groups in total. The lowest BCUT2D eigenvalue weighted by molar-refractivity contribution is 0.102. The van der Waals surface area contributed by atoms with Crippen molar-refractivity contribution in [3.8, 4) is 10.6 Å². The summed E-state index contributed by atoms with van der Waals surface area (Å²) in [4.78, 5) is 20.9. The van der Waals surface area contributed by atoms with E-state index in [9.17, 15) is 9.18 Å². The zero-order valence-corrected chi connectivity index (χ0v) is 14.2. The number of hydrogen-bond donors (Lipinski definition) is 1. The summed E-state index contributed by atoms with van der Waals surface area (Å²) in [7, 11) is 0. The van der Waals surface area contributed by atoms with Gasteiger partial charge in [0.15, 0.2) is 5.13 Å². The highest BCUT2D eigenvalue weighted by molar-refractivity contribution is 7.14. The summed E-state index contributed by atoms with van der Waals surface area (Å²) in [6.07, 6.45) is 0. The molecule has 7 heteroatoms. The molecule has 0 radical (unpaired) electrons. The largest absolute Gasteiger partial charge is 0.296 e. The van der Waals surface area contributed by atoms with Crippen LogP contribution in [0.3, 0.4) is 0 Å². The first-order chi connectivity index (χ1) is 11.0. The molecule has 0 fully saturated rings. The summed E-state index contributed by atoms with van der Waals surface area (Å²) >= 11 is 2.74. The van der Waals surface area contributed by atoms with Crippen molar-refractivity contribution in [3.05, 3.63) is 52.2 Å². The predicted octanol–water partition coefficient (Wildman–Crippen LogP) is 4.78. The average Bonchev–Trinajstić information content (AvgIpc) is 3.17. The Labute approximate surface area is 141 Å². The number of nitrogens with one attached hydrogen (secondary N) is 1. The Morgan fingerprint density at radius 2 is 1.87 bits per heavy atom. The monoisotopic (exact) mass is 347 g/mol. The summed E-state index contributed by atoms with van der Waals surface area (Å²) in [5.74, 6) is -0.270. The first-order valence-electron chi connectivity index (χ1n) is 7.01. The van der Waals surface area contributed by atoms with Crippen molar-refractivity contribution in [3.63, 3.8) is 0 Å². The van der Waals surface area contributed by atoms with Crippen molar-refractivity contribution in [1.29, 1.82) is 0 Å². The zero-order chi connectivity index (χ0) is 16.4. The van der Waals surface area contributed by atoms with E-state index in [1.807, 2.05) is 5.38 Å². The Balaban J connectivity index is 1.74. The fourth-order valence-corrected chi connectivity index (χ4v) is 3.55. The minimum Gasteiger partial charge on any atom is -0.296 e. The summed E-state index contributed by atoms with van der Waals surface area (Å²) in [6.45, 7) is 4.10. The molecule has 2 aromatic heterocycles. The molecule has 0 bridgehead atoms. The highest BCUT2D eigenvalue weighted by atomic mass is 32.1. The molecule has 0 aliphatic carbocycles. The van der Waals surface area contributed by atoms with Gasteiger partial charge in [0, 0.05) is 16.3 Å². The van der Waals surface area contributed by atoms with E-state index in [0.29, 0.717) is 21.8 Å². The van der Waals surface area contributed by atoms with Gasteiger partial charge >= 0.3 is 0 Å². The average molecular weight is 347 g/mol. The van der Waals surface area contributed by atoms with Gasteiger partial charge in [-0.15, -0.1) is 22.7 Å². The van der Waals surface area contributed by atoms with Crippen LogP contribution >= 0.6 is 22.7 Å². The molecule has 3 aromatic rings. The fraction of sp³-hybridized carbons (Fsp3) is 0.188. The maximum atomic E-state index is 12.9. The van der Waals surface area contributed by atoms with Crippen LogP contribution in [-0.4, -0.2) is 15.9 Å². The second kappa shape index (κ2) is 6.55. The Bertz CT molecular complexity index is 824. The number of anilines is 1. The maximum Gasteiger partial charge on any atom is 0.276 e. The molecule has 2 heterocycles. The Morgan fingerprint density at radius 1 is 1.13 bits per heavy atom. The van der Waals surface area contributed by atoms with Gasteiger partial charge in [-0.05, 0) is 30.2 Å². The third-order valence-electron chi connectivity index (χ3n) is 3.16. The van der Waals surface area contributed by atoms with Gasteiger partial charge in [0.2, 0.25) is 0 Å². The van der Waals surface area contributed by atoms with Crippen molar-refractivity contribution in [1.82, 2.24) is 9.97 Å². The molecule has 23 heavy (non-hydrogen) atoms. The van der Waals surface area contributed by atoms with Gasteiger partial charge in [-0.2, -0.15) is 0 Å². The fourth-order valence-electron chi connectivity index (χ4n) is 1.87. The lowest BCUT2D eigenvalue weighted by Gasteiger charge is -1.99. The molecule has 0 saturated carbocycles. The maximum absolute atomic E-state index is 12.9. The molecular formula is C16H14FN3OS2. The van der Waals surface area contributed by atoms with Crippen molar-refractivity contribution < 1.29 is 9.18 Å². The Morgan fingerprint density at radius 3 is 2.52 bits per heavy atom. The number of hydrogen-bond acceptors (Lipinski definition) is 5. The van der Waals surface area contributed by atoms with E-state index in [1.165, 1.54) is 34.8 Å². The first-order valence-corrected chi connectivity index (χ1v) is 8.77. The Kier molecular flexibility index (Phi) is 4.49. The molecule has 0 spiro atoms. The Hall–Kier alpha value is -2.12. The molecule has 118 valence electrons. The van der Waals surface area contributed by atoms with Crippen LogP contribution in [0.1, 0.15) is 35.9 Å². The minimum atomic E-state index is -0.298. The summed E-state index contributed by atoms with van der Waals surface area (Å²) in [6, 6.07) is 6.04. The molecule has 3 rings (SSSR count). The quantitative estimate of drug-likeness (QED) is 0.739. The number of benzene rings is 1. The van der Waals surface area contributed by atoms with Crippen LogP contribution in [0, 0.1) is 5.82 Å². The minimum absolute atomic E-state index is 0.292. The van der Waals surface area contributed by atoms with E-state index in [-0.39, 0.29) is 11.7 Å². The number of nitrogens with zero attached hydrogens (tertiary/aromatic N) is 2. The summed E-state index contributed by atoms with van der Waals surface area (Å²) in [5, 5.41) is 7.62. The lowest BCUT2D eigenvalue weighted by Crippen LogP contribution is -2.12. The van der Waals surface area contributed by atoms with Crippen LogP contribution in [0.2, 0.25) is 0 Å². The third-order valence-corrected chi connectivity index (χ3v) is 4.83. The molecule has 0 aliphatic rings. The summed E-state index contributed by atoms with van der Waals surface area (Å²) < 4.78 is 12.9. The smallest absolute Gasteiger partial charge is 0.276 e. The zero-order valence-electron chi connectivity index (χ0n) is 12.5. The third kappa shape index (κ3) is 3.62. The number of aromatic nitrogens is 2. The number of amides is 1. The summed E-state index contributed by atoms with van der Waals surface area (Å²) in [5.41, 5.74) is 2.07.